The smallest absolute Gasteiger partial charge is 0.123 e. The van der Waals surface area contributed by atoms with Gasteiger partial charge in [0.1, 0.15) is 5.75 Å². The Labute approximate surface area is 108 Å². The van der Waals surface area contributed by atoms with Crippen LogP contribution in [0.4, 0.5) is 0 Å². The van der Waals surface area contributed by atoms with Gasteiger partial charge < -0.3 is 19.9 Å². The third-order valence-corrected chi connectivity index (χ3v) is 3.60. The van der Waals surface area contributed by atoms with E-state index in [0.29, 0.717) is 19.8 Å². The topological polar surface area (TPSA) is 50.7 Å². The molecule has 0 spiro atoms. The molecule has 0 aliphatic carbocycles. The summed E-state index contributed by atoms with van der Waals surface area (Å²) in [7, 11) is 1.68. The van der Waals surface area contributed by atoms with Crippen LogP contribution in [0.15, 0.2) is 24.3 Å². The van der Waals surface area contributed by atoms with Crippen LogP contribution in [0.2, 0.25) is 0 Å². The lowest BCUT2D eigenvalue weighted by molar-refractivity contribution is 0.0111. The van der Waals surface area contributed by atoms with Gasteiger partial charge in [-0.2, -0.15) is 0 Å². The second kappa shape index (κ2) is 6.18. The van der Waals surface area contributed by atoms with Crippen molar-refractivity contribution in [2.75, 3.05) is 26.9 Å². The van der Waals surface area contributed by atoms with Crippen LogP contribution in [0.5, 0.6) is 5.75 Å². The van der Waals surface area contributed by atoms with Gasteiger partial charge in [-0.15, -0.1) is 0 Å². The fourth-order valence-electron chi connectivity index (χ4n) is 2.28. The molecule has 1 aromatic carbocycles. The second-order valence-corrected chi connectivity index (χ2v) is 4.72. The standard InChI is InChI=1S/C14H21NO3/c1-17-13-5-3-2-4-12(13)10-15-14(11-16)6-8-18-9-7-14/h2-5,15-16H,6-11H2,1H3. The lowest BCUT2D eigenvalue weighted by atomic mass is 9.90. The van der Waals surface area contributed by atoms with Crippen LogP contribution in [0, 0.1) is 0 Å². The van der Waals surface area contributed by atoms with Crippen molar-refractivity contribution in [3.05, 3.63) is 29.8 Å². The van der Waals surface area contributed by atoms with Crippen molar-refractivity contribution in [3.8, 4) is 5.75 Å². The summed E-state index contributed by atoms with van der Waals surface area (Å²) in [5.41, 5.74) is 0.901. The zero-order chi connectivity index (χ0) is 12.8. The highest BCUT2D eigenvalue weighted by Gasteiger charge is 2.31. The van der Waals surface area contributed by atoms with E-state index in [-0.39, 0.29) is 12.1 Å². The second-order valence-electron chi connectivity index (χ2n) is 4.72. The largest absolute Gasteiger partial charge is 0.496 e. The number of benzene rings is 1. The van der Waals surface area contributed by atoms with Crippen LogP contribution >= 0.6 is 0 Å². The number of aliphatic hydroxyl groups is 1. The van der Waals surface area contributed by atoms with Crippen molar-refractivity contribution in [2.24, 2.45) is 0 Å². The third kappa shape index (κ3) is 3.02. The molecule has 0 atom stereocenters. The highest BCUT2D eigenvalue weighted by atomic mass is 16.5. The highest BCUT2D eigenvalue weighted by Crippen LogP contribution is 2.23. The van der Waals surface area contributed by atoms with Crippen molar-refractivity contribution in [3.63, 3.8) is 0 Å². The first-order valence-corrected chi connectivity index (χ1v) is 6.35. The Morgan fingerprint density at radius 1 is 1.33 bits per heavy atom. The number of rotatable bonds is 5. The lowest BCUT2D eigenvalue weighted by Gasteiger charge is -2.36. The molecule has 1 fully saturated rings. The molecular weight excluding hydrogens is 230 g/mol. The van der Waals surface area contributed by atoms with Crippen LogP contribution in [0.3, 0.4) is 0 Å². The summed E-state index contributed by atoms with van der Waals surface area (Å²) >= 11 is 0. The molecule has 1 aliphatic rings. The van der Waals surface area contributed by atoms with Gasteiger partial charge in [-0.1, -0.05) is 18.2 Å². The van der Waals surface area contributed by atoms with Crippen molar-refractivity contribution in [1.29, 1.82) is 0 Å². The molecule has 0 unspecified atom stereocenters. The van der Waals surface area contributed by atoms with Crippen LogP contribution in [0.25, 0.3) is 0 Å². The number of methoxy groups -OCH3 is 1. The molecule has 2 rings (SSSR count). The molecule has 4 nitrogen and oxygen atoms in total. The Hall–Kier alpha value is -1.10. The molecule has 0 bridgehead atoms. The predicted octanol–water partition coefficient (Wildman–Crippen LogP) is 1.33. The zero-order valence-corrected chi connectivity index (χ0v) is 10.8. The van der Waals surface area contributed by atoms with E-state index in [1.807, 2.05) is 24.3 Å². The number of nitrogens with one attached hydrogen (secondary N) is 1. The number of hydrogen-bond acceptors (Lipinski definition) is 4. The normalized spacial score (nSPS) is 18.6. The van der Waals surface area contributed by atoms with Gasteiger partial charge in [-0.3, -0.25) is 0 Å². The predicted molar refractivity (Wildman–Crippen MR) is 69.7 cm³/mol. The maximum absolute atomic E-state index is 9.60. The highest BCUT2D eigenvalue weighted by molar-refractivity contribution is 5.33. The average molecular weight is 251 g/mol. The van der Waals surface area contributed by atoms with Crippen LogP contribution in [-0.2, 0) is 11.3 Å². The molecule has 100 valence electrons. The number of para-hydroxylation sites is 1. The van der Waals surface area contributed by atoms with Gasteiger partial charge in [-0.05, 0) is 18.9 Å². The van der Waals surface area contributed by atoms with Crippen LogP contribution < -0.4 is 10.1 Å². The van der Waals surface area contributed by atoms with Gasteiger partial charge in [0.05, 0.1) is 13.7 Å². The SMILES string of the molecule is COc1ccccc1CNC1(CO)CCOCC1. The Balaban J connectivity index is 2.01. The van der Waals surface area contributed by atoms with E-state index in [4.69, 9.17) is 9.47 Å². The van der Waals surface area contributed by atoms with E-state index >= 15 is 0 Å². The molecule has 0 saturated carbocycles. The fraction of sp³-hybridized carbons (Fsp3) is 0.571. The van der Waals surface area contributed by atoms with Gasteiger partial charge in [-0.25, -0.2) is 0 Å². The molecule has 1 aliphatic heterocycles. The van der Waals surface area contributed by atoms with Gasteiger partial charge in [0, 0.05) is 30.9 Å². The van der Waals surface area contributed by atoms with E-state index in [1.165, 1.54) is 0 Å². The third-order valence-electron chi connectivity index (χ3n) is 3.60. The Kier molecular flexibility index (Phi) is 4.58. The number of ether oxygens (including phenoxy) is 2. The summed E-state index contributed by atoms with van der Waals surface area (Å²) < 4.78 is 10.7. The first-order chi connectivity index (χ1) is 8.79. The molecule has 18 heavy (non-hydrogen) atoms. The van der Waals surface area contributed by atoms with E-state index in [9.17, 15) is 5.11 Å². The molecule has 0 amide bonds. The number of hydrogen-bond donors (Lipinski definition) is 2. The Morgan fingerprint density at radius 2 is 2.06 bits per heavy atom. The van der Waals surface area contributed by atoms with Crippen molar-refractivity contribution < 1.29 is 14.6 Å². The molecule has 0 radical (unpaired) electrons. The summed E-state index contributed by atoms with van der Waals surface area (Å²) in [6.07, 6.45) is 1.69. The molecular formula is C14H21NO3. The maximum Gasteiger partial charge on any atom is 0.123 e. The molecule has 2 N–H and O–H groups in total. The molecule has 1 heterocycles. The minimum atomic E-state index is -0.209. The zero-order valence-electron chi connectivity index (χ0n) is 10.8. The van der Waals surface area contributed by atoms with Crippen LogP contribution in [-0.4, -0.2) is 37.6 Å². The summed E-state index contributed by atoms with van der Waals surface area (Å²) in [5, 5.41) is 13.1. The number of aliphatic hydroxyl groups excluding tert-OH is 1. The summed E-state index contributed by atoms with van der Waals surface area (Å²) in [6.45, 7) is 2.26. The Morgan fingerprint density at radius 3 is 2.72 bits per heavy atom. The van der Waals surface area contributed by atoms with Gasteiger partial charge in [0.25, 0.3) is 0 Å². The monoisotopic (exact) mass is 251 g/mol. The van der Waals surface area contributed by atoms with Gasteiger partial charge in [0.2, 0.25) is 0 Å². The lowest BCUT2D eigenvalue weighted by Crippen LogP contribution is -2.51. The summed E-state index contributed by atoms with van der Waals surface area (Å²) in [4.78, 5) is 0. The van der Waals surface area contributed by atoms with Gasteiger partial charge >= 0.3 is 0 Å². The van der Waals surface area contributed by atoms with Gasteiger partial charge in [0.15, 0.2) is 0 Å². The molecule has 1 saturated heterocycles. The fourth-order valence-corrected chi connectivity index (χ4v) is 2.28. The first kappa shape index (κ1) is 13.3. The summed E-state index contributed by atoms with van der Waals surface area (Å²) in [5.74, 6) is 0.880. The van der Waals surface area contributed by atoms with E-state index in [1.54, 1.807) is 7.11 Å². The van der Waals surface area contributed by atoms with Crippen LogP contribution in [0.1, 0.15) is 18.4 Å². The minimum Gasteiger partial charge on any atom is -0.496 e. The van der Waals surface area contributed by atoms with Crippen molar-refractivity contribution in [2.45, 2.75) is 24.9 Å². The molecule has 4 heteroatoms. The van der Waals surface area contributed by atoms with Crippen molar-refractivity contribution in [1.82, 2.24) is 5.32 Å². The minimum absolute atomic E-state index is 0.144. The maximum atomic E-state index is 9.60. The quantitative estimate of drug-likeness (QED) is 0.829. The average Bonchev–Trinajstić information content (AvgIpc) is 2.46. The van der Waals surface area contributed by atoms with E-state index in [0.717, 1.165) is 24.2 Å². The molecule has 1 aromatic rings. The summed E-state index contributed by atoms with van der Waals surface area (Å²) in [6, 6.07) is 7.94. The first-order valence-electron chi connectivity index (χ1n) is 6.35. The Bertz CT molecular complexity index is 375. The van der Waals surface area contributed by atoms with Crippen molar-refractivity contribution >= 4 is 0 Å². The van der Waals surface area contributed by atoms with E-state index < -0.39 is 0 Å². The van der Waals surface area contributed by atoms with E-state index in [2.05, 4.69) is 5.32 Å². The molecule has 0 aromatic heterocycles.